The van der Waals surface area contributed by atoms with Crippen molar-refractivity contribution >= 4 is 0 Å². The lowest BCUT2D eigenvalue weighted by Gasteiger charge is -2.39. The zero-order valence-electron chi connectivity index (χ0n) is 12.2. The molecule has 0 aromatic heterocycles. The van der Waals surface area contributed by atoms with Crippen LogP contribution in [0.25, 0.3) is 0 Å². The quantitative estimate of drug-likeness (QED) is 0.828. The van der Waals surface area contributed by atoms with Gasteiger partial charge in [-0.15, -0.1) is 0 Å². The minimum atomic E-state index is 0.880. The van der Waals surface area contributed by atoms with Gasteiger partial charge in [0.1, 0.15) is 0 Å². The minimum Gasteiger partial charge on any atom is -0.316 e. The van der Waals surface area contributed by atoms with Gasteiger partial charge >= 0.3 is 0 Å². The topological polar surface area (TPSA) is 15.3 Å². The molecule has 3 rings (SSSR count). The Morgan fingerprint density at radius 2 is 2.00 bits per heavy atom. The van der Waals surface area contributed by atoms with Crippen molar-refractivity contribution in [3.63, 3.8) is 0 Å². The van der Waals surface area contributed by atoms with E-state index in [-0.39, 0.29) is 0 Å². The van der Waals surface area contributed by atoms with E-state index in [0.29, 0.717) is 0 Å². The van der Waals surface area contributed by atoms with Crippen LogP contribution in [-0.4, -0.2) is 36.6 Å². The molecule has 0 amide bonds. The van der Waals surface area contributed by atoms with Crippen LogP contribution in [0, 0.1) is 17.8 Å². The second kappa shape index (κ2) is 5.50. The van der Waals surface area contributed by atoms with E-state index >= 15 is 0 Å². The third-order valence-electron chi connectivity index (χ3n) is 5.98. The first-order valence-corrected chi connectivity index (χ1v) is 8.29. The zero-order valence-corrected chi connectivity index (χ0v) is 12.2. The number of rotatable bonds is 3. The molecule has 2 aliphatic heterocycles. The van der Waals surface area contributed by atoms with Crippen molar-refractivity contribution in [3.05, 3.63) is 0 Å². The summed E-state index contributed by atoms with van der Waals surface area (Å²) in [5.41, 5.74) is 0. The van der Waals surface area contributed by atoms with E-state index in [4.69, 9.17) is 0 Å². The third-order valence-corrected chi connectivity index (χ3v) is 5.98. The molecule has 0 aromatic carbocycles. The molecule has 2 heteroatoms. The van der Waals surface area contributed by atoms with Gasteiger partial charge in [-0.05, 0) is 50.1 Å². The van der Waals surface area contributed by atoms with Crippen molar-refractivity contribution in [1.82, 2.24) is 10.2 Å². The summed E-state index contributed by atoms with van der Waals surface area (Å²) in [4.78, 5) is 2.93. The highest BCUT2D eigenvalue weighted by molar-refractivity contribution is 5.00. The lowest BCUT2D eigenvalue weighted by atomic mass is 9.83. The summed E-state index contributed by atoms with van der Waals surface area (Å²) < 4.78 is 0. The van der Waals surface area contributed by atoms with Crippen LogP contribution >= 0.6 is 0 Å². The van der Waals surface area contributed by atoms with E-state index in [1.165, 1.54) is 58.2 Å². The Kier molecular flexibility index (Phi) is 3.95. The van der Waals surface area contributed by atoms with Crippen molar-refractivity contribution in [3.8, 4) is 0 Å². The van der Waals surface area contributed by atoms with Gasteiger partial charge in [-0.2, -0.15) is 0 Å². The molecule has 0 radical (unpaired) electrons. The van der Waals surface area contributed by atoms with Crippen LogP contribution in [0.1, 0.15) is 52.4 Å². The standard InChI is InChI=1S/C16H30N2/c1-3-12-6-5-7-14(8-12)18-11-13-9-17-10-15(13)16(18)4-2/h12-17H,3-11H2,1-2H3. The Morgan fingerprint density at radius 3 is 2.78 bits per heavy atom. The average molecular weight is 250 g/mol. The van der Waals surface area contributed by atoms with Gasteiger partial charge in [0.2, 0.25) is 0 Å². The molecule has 1 saturated carbocycles. The predicted octanol–water partition coefficient (Wildman–Crippen LogP) is 2.89. The number of likely N-dealkylation sites (tertiary alicyclic amines) is 1. The minimum absolute atomic E-state index is 0.880. The van der Waals surface area contributed by atoms with Crippen LogP contribution in [0.15, 0.2) is 0 Å². The summed E-state index contributed by atoms with van der Waals surface area (Å²) in [5, 5.41) is 3.61. The lowest BCUT2D eigenvalue weighted by Crippen LogP contribution is -2.44. The van der Waals surface area contributed by atoms with Crippen molar-refractivity contribution in [2.75, 3.05) is 19.6 Å². The van der Waals surface area contributed by atoms with Crippen molar-refractivity contribution < 1.29 is 0 Å². The number of hydrogen-bond acceptors (Lipinski definition) is 2. The summed E-state index contributed by atoms with van der Waals surface area (Å²) in [5.74, 6) is 2.92. The van der Waals surface area contributed by atoms with Crippen LogP contribution in [-0.2, 0) is 0 Å². The third kappa shape index (κ3) is 2.22. The molecule has 104 valence electrons. The first-order chi connectivity index (χ1) is 8.83. The summed E-state index contributed by atoms with van der Waals surface area (Å²) in [6, 6.07) is 1.80. The van der Waals surface area contributed by atoms with Gasteiger partial charge in [0.05, 0.1) is 0 Å². The molecule has 0 aromatic rings. The molecule has 5 unspecified atom stereocenters. The molecule has 5 atom stereocenters. The summed E-state index contributed by atoms with van der Waals surface area (Å²) in [7, 11) is 0. The Labute approximate surface area is 113 Å². The molecule has 0 spiro atoms. The Morgan fingerprint density at radius 1 is 1.11 bits per heavy atom. The maximum absolute atomic E-state index is 3.61. The van der Waals surface area contributed by atoms with Crippen LogP contribution in [0.3, 0.4) is 0 Å². The molecule has 1 aliphatic carbocycles. The summed E-state index contributed by atoms with van der Waals surface area (Å²) in [6.07, 6.45) is 8.68. The Balaban J connectivity index is 1.67. The Bertz CT molecular complexity index is 278. The van der Waals surface area contributed by atoms with E-state index < -0.39 is 0 Å². The van der Waals surface area contributed by atoms with Crippen LogP contribution in [0.4, 0.5) is 0 Å². The van der Waals surface area contributed by atoms with Crippen LogP contribution in [0.5, 0.6) is 0 Å². The van der Waals surface area contributed by atoms with E-state index in [9.17, 15) is 0 Å². The fraction of sp³-hybridized carbons (Fsp3) is 1.00. The first-order valence-electron chi connectivity index (χ1n) is 8.29. The van der Waals surface area contributed by atoms with E-state index in [1.54, 1.807) is 0 Å². The van der Waals surface area contributed by atoms with Gasteiger partial charge in [-0.1, -0.05) is 33.1 Å². The second-order valence-corrected chi connectivity index (χ2v) is 6.85. The molecule has 0 bridgehead atoms. The molecule has 3 fully saturated rings. The second-order valence-electron chi connectivity index (χ2n) is 6.85. The number of hydrogen-bond donors (Lipinski definition) is 1. The Hall–Kier alpha value is -0.0800. The maximum Gasteiger partial charge on any atom is 0.0140 e. The van der Waals surface area contributed by atoms with E-state index in [1.807, 2.05) is 0 Å². The van der Waals surface area contributed by atoms with Gasteiger partial charge in [-0.3, -0.25) is 4.90 Å². The van der Waals surface area contributed by atoms with Gasteiger partial charge in [0.15, 0.2) is 0 Å². The highest BCUT2D eigenvalue weighted by Gasteiger charge is 2.45. The van der Waals surface area contributed by atoms with Crippen molar-refractivity contribution in [2.45, 2.75) is 64.5 Å². The number of fused-ring (bicyclic) bond motifs is 1. The first kappa shape index (κ1) is 12.9. The van der Waals surface area contributed by atoms with Gasteiger partial charge in [-0.25, -0.2) is 0 Å². The monoisotopic (exact) mass is 250 g/mol. The largest absolute Gasteiger partial charge is 0.316 e. The highest BCUT2D eigenvalue weighted by atomic mass is 15.2. The lowest BCUT2D eigenvalue weighted by molar-refractivity contribution is 0.101. The van der Waals surface area contributed by atoms with Gasteiger partial charge in [0, 0.05) is 18.6 Å². The smallest absolute Gasteiger partial charge is 0.0140 e. The SMILES string of the molecule is CCC1CCCC(N2CC3CNCC3C2CC)C1. The predicted molar refractivity (Wildman–Crippen MR) is 76.7 cm³/mol. The van der Waals surface area contributed by atoms with Crippen molar-refractivity contribution in [2.24, 2.45) is 17.8 Å². The summed E-state index contributed by atoms with van der Waals surface area (Å²) in [6.45, 7) is 8.73. The maximum atomic E-state index is 3.61. The molecule has 2 saturated heterocycles. The number of nitrogens with zero attached hydrogens (tertiary/aromatic N) is 1. The zero-order chi connectivity index (χ0) is 12.5. The molecule has 1 N–H and O–H groups in total. The van der Waals surface area contributed by atoms with Crippen LogP contribution < -0.4 is 5.32 Å². The van der Waals surface area contributed by atoms with Crippen LogP contribution in [0.2, 0.25) is 0 Å². The van der Waals surface area contributed by atoms with E-state index in [2.05, 4.69) is 24.1 Å². The molecule has 2 nitrogen and oxygen atoms in total. The average Bonchev–Trinajstić information content (AvgIpc) is 2.98. The van der Waals surface area contributed by atoms with Gasteiger partial charge < -0.3 is 5.32 Å². The molecule has 18 heavy (non-hydrogen) atoms. The highest BCUT2D eigenvalue weighted by Crippen LogP contribution is 2.40. The molecular formula is C16H30N2. The molecule has 2 heterocycles. The van der Waals surface area contributed by atoms with E-state index in [0.717, 1.165) is 29.8 Å². The fourth-order valence-corrected chi connectivity index (χ4v) is 4.95. The number of nitrogens with one attached hydrogen (secondary N) is 1. The summed E-state index contributed by atoms with van der Waals surface area (Å²) >= 11 is 0. The van der Waals surface area contributed by atoms with Gasteiger partial charge in [0.25, 0.3) is 0 Å². The van der Waals surface area contributed by atoms with Crippen molar-refractivity contribution in [1.29, 1.82) is 0 Å². The molecular weight excluding hydrogens is 220 g/mol. The molecule has 3 aliphatic rings. The normalized spacial score (nSPS) is 45.3. The fourth-order valence-electron chi connectivity index (χ4n) is 4.95.